The third-order valence-electron chi connectivity index (χ3n) is 6.19. The van der Waals surface area contributed by atoms with Crippen molar-refractivity contribution in [1.82, 2.24) is 10.3 Å². The summed E-state index contributed by atoms with van der Waals surface area (Å²) in [5.74, 6) is 0.861. The highest BCUT2D eigenvalue weighted by atomic mass is 32.1. The molecule has 3 N–H and O–H groups in total. The molecule has 5 rings (SSSR count). The van der Waals surface area contributed by atoms with Crippen LogP contribution in [0.1, 0.15) is 53.1 Å². The van der Waals surface area contributed by atoms with Crippen LogP contribution in [0.25, 0.3) is 10.2 Å². The Morgan fingerprint density at radius 2 is 1.97 bits per heavy atom. The highest BCUT2D eigenvalue weighted by Crippen LogP contribution is 2.43. The van der Waals surface area contributed by atoms with Crippen LogP contribution >= 0.6 is 11.3 Å². The Balaban J connectivity index is 1.55. The van der Waals surface area contributed by atoms with Crippen LogP contribution in [0.15, 0.2) is 30.3 Å². The van der Waals surface area contributed by atoms with E-state index in [2.05, 4.69) is 24.1 Å². The molecule has 1 amide bonds. The molecule has 0 spiro atoms. The van der Waals surface area contributed by atoms with E-state index in [1.54, 1.807) is 0 Å². The van der Waals surface area contributed by atoms with Gasteiger partial charge >= 0.3 is 0 Å². The number of hydrogen-bond donors (Lipinski definition) is 2. The maximum atomic E-state index is 13.0. The summed E-state index contributed by atoms with van der Waals surface area (Å²) in [6, 6.07) is 9.89. The topological polar surface area (TPSA) is 80.5 Å². The molecule has 0 aliphatic carbocycles. The molecule has 4 heterocycles. The van der Waals surface area contributed by atoms with Crippen molar-refractivity contribution in [1.29, 1.82) is 0 Å². The summed E-state index contributed by atoms with van der Waals surface area (Å²) < 4.78 is 6.14. The first-order valence-corrected chi connectivity index (χ1v) is 11.7. The Kier molecular flexibility index (Phi) is 5.10. The van der Waals surface area contributed by atoms with Gasteiger partial charge in [-0.1, -0.05) is 30.3 Å². The average molecular weight is 437 g/mol. The fourth-order valence-electron chi connectivity index (χ4n) is 4.56. The van der Waals surface area contributed by atoms with Gasteiger partial charge in [-0.2, -0.15) is 0 Å². The molecule has 0 atom stereocenters. The van der Waals surface area contributed by atoms with Gasteiger partial charge in [-0.25, -0.2) is 4.98 Å². The average Bonchev–Trinajstić information content (AvgIpc) is 3.40. The summed E-state index contributed by atoms with van der Waals surface area (Å²) in [4.78, 5) is 21.8. The first kappa shape index (κ1) is 20.3. The minimum Gasteiger partial charge on any atom is -0.397 e. The molecule has 0 saturated carbocycles. The summed E-state index contributed by atoms with van der Waals surface area (Å²) in [6.07, 6.45) is 3.12. The molecule has 7 heteroatoms. The number of aromatic nitrogens is 1. The molecule has 0 unspecified atom stereocenters. The van der Waals surface area contributed by atoms with Gasteiger partial charge in [0, 0.05) is 37.0 Å². The lowest BCUT2D eigenvalue weighted by Gasteiger charge is -2.34. The minimum atomic E-state index is -0.270. The van der Waals surface area contributed by atoms with Gasteiger partial charge in [-0.05, 0) is 37.8 Å². The molecular formula is C24H28N4O2S. The van der Waals surface area contributed by atoms with Gasteiger partial charge in [0.25, 0.3) is 5.91 Å². The number of ether oxygens (including phenoxy) is 1. The third kappa shape index (κ3) is 3.77. The second-order valence-electron chi connectivity index (χ2n) is 9.01. The highest BCUT2D eigenvalue weighted by molar-refractivity contribution is 7.21. The summed E-state index contributed by atoms with van der Waals surface area (Å²) in [7, 11) is 0. The van der Waals surface area contributed by atoms with E-state index in [1.807, 2.05) is 30.3 Å². The quantitative estimate of drug-likeness (QED) is 0.639. The number of fused-ring (bicyclic) bond motifs is 3. The monoisotopic (exact) mass is 436 g/mol. The minimum absolute atomic E-state index is 0.146. The molecule has 0 bridgehead atoms. The number of amides is 1. The first-order valence-electron chi connectivity index (χ1n) is 10.9. The summed E-state index contributed by atoms with van der Waals surface area (Å²) in [5, 5.41) is 3.95. The standard InChI is InChI=1S/C24H28N4O2S/c1-24(2)12-16-17(14-30-24)21(28-10-6-7-11-28)27-23-18(16)19(25)20(31-23)22(29)26-13-15-8-4-3-5-9-15/h3-5,8-9H,6-7,10-14,25H2,1-2H3,(H,26,29). The largest absolute Gasteiger partial charge is 0.397 e. The second-order valence-corrected chi connectivity index (χ2v) is 10.0. The van der Waals surface area contributed by atoms with Crippen LogP contribution < -0.4 is 16.0 Å². The van der Waals surface area contributed by atoms with Crippen LogP contribution in [0, 0.1) is 0 Å². The van der Waals surface area contributed by atoms with Gasteiger partial charge in [0.1, 0.15) is 15.5 Å². The van der Waals surface area contributed by atoms with Gasteiger partial charge in [-0.15, -0.1) is 11.3 Å². The number of rotatable bonds is 4. The summed E-state index contributed by atoms with van der Waals surface area (Å²) in [6.45, 7) is 7.24. The van der Waals surface area contributed by atoms with Crippen molar-refractivity contribution in [2.24, 2.45) is 0 Å². The number of nitrogens with two attached hydrogens (primary N) is 1. The zero-order valence-corrected chi connectivity index (χ0v) is 18.8. The van der Waals surface area contributed by atoms with E-state index < -0.39 is 0 Å². The van der Waals surface area contributed by atoms with Gasteiger partial charge in [0.2, 0.25) is 0 Å². The molecule has 2 aliphatic heterocycles. The Morgan fingerprint density at radius 1 is 1.23 bits per heavy atom. The van der Waals surface area contributed by atoms with Crippen LogP contribution in [-0.4, -0.2) is 29.6 Å². The number of anilines is 2. The van der Waals surface area contributed by atoms with Crippen LogP contribution in [0.4, 0.5) is 11.5 Å². The zero-order chi connectivity index (χ0) is 21.6. The number of nitrogens with one attached hydrogen (secondary N) is 1. The molecule has 2 aromatic heterocycles. The van der Waals surface area contributed by atoms with E-state index in [-0.39, 0.29) is 11.5 Å². The Hall–Kier alpha value is -2.64. The van der Waals surface area contributed by atoms with E-state index in [9.17, 15) is 4.79 Å². The lowest BCUT2D eigenvalue weighted by Crippen LogP contribution is -2.34. The molecule has 6 nitrogen and oxygen atoms in total. The lowest BCUT2D eigenvalue weighted by molar-refractivity contribution is -0.0395. The van der Waals surface area contributed by atoms with Crippen molar-refractivity contribution in [3.8, 4) is 0 Å². The number of nitrogens with zero attached hydrogens (tertiary/aromatic N) is 2. The maximum Gasteiger partial charge on any atom is 0.263 e. The first-order chi connectivity index (χ1) is 14.9. The summed E-state index contributed by atoms with van der Waals surface area (Å²) in [5.41, 5.74) is 10.2. The van der Waals surface area contributed by atoms with Crippen molar-refractivity contribution in [2.75, 3.05) is 23.7 Å². The van der Waals surface area contributed by atoms with Gasteiger partial charge in [0.05, 0.1) is 17.9 Å². The van der Waals surface area contributed by atoms with E-state index in [4.69, 9.17) is 15.5 Å². The number of pyridine rings is 1. The van der Waals surface area contributed by atoms with E-state index in [0.717, 1.165) is 46.7 Å². The van der Waals surface area contributed by atoms with Crippen molar-refractivity contribution < 1.29 is 9.53 Å². The van der Waals surface area contributed by atoms with Crippen molar-refractivity contribution in [2.45, 2.75) is 51.9 Å². The SMILES string of the molecule is CC1(C)Cc2c(c(N3CCCC3)nc3sc(C(=O)NCc4ccccc4)c(N)c23)CO1. The number of carbonyl (C=O) groups is 1. The highest BCUT2D eigenvalue weighted by Gasteiger charge is 2.34. The van der Waals surface area contributed by atoms with Gasteiger partial charge in [0.15, 0.2) is 0 Å². The van der Waals surface area contributed by atoms with Crippen LogP contribution in [0.5, 0.6) is 0 Å². The van der Waals surface area contributed by atoms with E-state index in [1.165, 1.54) is 29.7 Å². The van der Waals surface area contributed by atoms with Crippen LogP contribution in [0.3, 0.4) is 0 Å². The molecule has 31 heavy (non-hydrogen) atoms. The number of thiophene rings is 1. The predicted octanol–water partition coefficient (Wildman–Crippen LogP) is 4.26. The maximum absolute atomic E-state index is 13.0. The molecule has 1 fully saturated rings. The van der Waals surface area contributed by atoms with E-state index >= 15 is 0 Å². The second kappa shape index (κ2) is 7.80. The molecular weight excluding hydrogens is 408 g/mol. The Bertz CT molecular complexity index is 1130. The lowest BCUT2D eigenvalue weighted by atomic mass is 9.90. The van der Waals surface area contributed by atoms with Gasteiger partial charge < -0.3 is 20.7 Å². The molecule has 162 valence electrons. The number of carbonyl (C=O) groups excluding carboxylic acids is 1. The molecule has 3 aromatic rings. The molecule has 0 radical (unpaired) electrons. The molecule has 2 aliphatic rings. The number of nitrogen functional groups attached to an aromatic ring is 1. The molecule has 1 saturated heterocycles. The number of hydrogen-bond acceptors (Lipinski definition) is 6. The smallest absolute Gasteiger partial charge is 0.263 e. The van der Waals surface area contributed by atoms with Gasteiger partial charge in [-0.3, -0.25) is 4.79 Å². The Morgan fingerprint density at radius 3 is 2.71 bits per heavy atom. The van der Waals surface area contributed by atoms with Crippen molar-refractivity contribution >= 4 is 39.0 Å². The van der Waals surface area contributed by atoms with Crippen LogP contribution in [-0.2, 0) is 24.3 Å². The number of benzene rings is 1. The van der Waals surface area contributed by atoms with E-state index in [0.29, 0.717) is 23.7 Å². The fraction of sp³-hybridized carbons (Fsp3) is 0.417. The predicted molar refractivity (Wildman–Crippen MR) is 126 cm³/mol. The van der Waals surface area contributed by atoms with Crippen LogP contribution in [0.2, 0.25) is 0 Å². The zero-order valence-electron chi connectivity index (χ0n) is 18.0. The molecule has 1 aromatic carbocycles. The fourth-order valence-corrected chi connectivity index (χ4v) is 5.60. The third-order valence-corrected chi connectivity index (χ3v) is 7.29. The van der Waals surface area contributed by atoms with Crippen molar-refractivity contribution in [3.05, 3.63) is 51.9 Å². The Labute approximate surface area is 186 Å². The summed E-state index contributed by atoms with van der Waals surface area (Å²) >= 11 is 1.40. The normalized spacial score (nSPS) is 17.7. The van der Waals surface area contributed by atoms with Crippen molar-refractivity contribution in [3.63, 3.8) is 0 Å².